The summed E-state index contributed by atoms with van der Waals surface area (Å²) in [6, 6.07) is 11.4. The summed E-state index contributed by atoms with van der Waals surface area (Å²) in [5, 5.41) is 6.14. The SMILES string of the molecule is C[C@H]1N(C)c2cc(NC(=O)c3ccco3)c([P@@](=O)(Nc3cccc(C(F)(F)F)c3)N3CCOCC3)cc2C1(C)C. The van der Waals surface area contributed by atoms with Gasteiger partial charge in [-0.15, -0.1) is 0 Å². The van der Waals surface area contributed by atoms with Gasteiger partial charge in [0, 0.05) is 43.0 Å². The van der Waals surface area contributed by atoms with E-state index >= 15 is 4.57 Å². The van der Waals surface area contributed by atoms with E-state index in [1.165, 1.54) is 24.5 Å². The molecule has 0 aliphatic carbocycles. The summed E-state index contributed by atoms with van der Waals surface area (Å²) in [4.78, 5) is 15.2. The largest absolute Gasteiger partial charge is 0.459 e. The van der Waals surface area contributed by atoms with Crippen molar-refractivity contribution < 1.29 is 31.7 Å². The Balaban J connectivity index is 1.69. The van der Waals surface area contributed by atoms with Crippen LogP contribution >= 0.6 is 7.44 Å². The first-order chi connectivity index (χ1) is 18.8. The van der Waals surface area contributed by atoms with Gasteiger partial charge in [0.15, 0.2) is 5.76 Å². The predicted octanol–water partition coefficient (Wildman–Crippen LogP) is 5.93. The molecule has 0 bridgehead atoms. The molecule has 1 saturated heterocycles. The van der Waals surface area contributed by atoms with Crippen molar-refractivity contribution in [2.24, 2.45) is 0 Å². The molecule has 8 nitrogen and oxygen atoms in total. The van der Waals surface area contributed by atoms with Gasteiger partial charge < -0.3 is 24.5 Å². The average Bonchev–Trinajstić information content (AvgIpc) is 3.52. The lowest BCUT2D eigenvalue weighted by Crippen LogP contribution is -2.40. The second kappa shape index (κ2) is 10.3. The number of nitrogens with one attached hydrogen (secondary N) is 2. The van der Waals surface area contributed by atoms with Gasteiger partial charge in [0.05, 0.1) is 36.0 Å². The number of amides is 1. The van der Waals surface area contributed by atoms with Crippen LogP contribution in [0.2, 0.25) is 0 Å². The molecule has 40 heavy (non-hydrogen) atoms. The van der Waals surface area contributed by atoms with E-state index in [9.17, 15) is 18.0 Å². The van der Waals surface area contributed by atoms with Crippen LogP contribution < -0.4 is 20.6 Å². The first-order valence-corrected chi connectivity index (χ1v) is 14.6. The number of benzene rings is 2. The van der Waals surface area contributed by atoms with Crippen LogP contribution in [-0.4, -0.2) is 50.0 Å². The number of alkyl halides is 3. The van der Waals surface area contributed by atoms with Gasteiger partial charge in [0.25, 0.3) is 13.4 Å². The second-order valence-corrected chi connectivity index (χ2v) is 13.1. The highest BCUT2D eigenvalue weighted by Gasteiger charge is 2.44. The van der Waals surface area contributed by atoms with Gasteiger partial charge in [-0.25, -0.2) is 4.67 Å². The molecule has 2 atom stereocenters. The molecule has 2 aliphatic rings. The highest BCUT2D eigenvalue weighted by molar-refractivity contribution is 7.71. The fraction of sp³-hybridized carbons (Fsp3) is 0.393. The normalized spacial score (nSPS) is 20.6. The van der Waals surface area contributed by atoms with Crippen LogP contribution in [0.15, 0.2) is 59.2 Å². The van der Waals surface area contributed by atoms with E-state index in [2.05, 4.69) is 36.1 Å². The molecule has 214 valence electrons. The summed E-state index contributed by atoms with van der Waals surface area (Å²) in [6.07, 6.45) is -3.19. The van der Waals surface area contributed by atoms with Gasteiger partial charge in [-0.2, -0.15) is 13.2 Å². The molecule has 0 radical (unpaired) electrons. The molecule has 12 heteroatoms. The Morgan fingerprint density at radius 3 is 2.48 bits per heavy atom. The van der Waals surface area contributed by atoms with Crippen molar-refractivity contribution in [3.8, 4) is 0 Å². The standard InChI is InChI=1S/C28H32F3N4O4P/c1-18-27(2,3)21-16-25(22(17-23(21)34(18)4)32-26(36)24-9-6-12-39-24)40(37,35-10-13-38-14-11-35)33-20-8-5-7-19(15-20)28(29,30)31/h5-9,12,15-18H,10-11,13-14H2,1-4H3,(H,32,36)(H,33,37)/t18-,40-/m1/s1. The van der Waals surface area contributed by atoms with Crippen LogP contribution in [0.3, 0.4) is 0 Å². The van der Waals surface area contributed by atoms with Crippen molar-refractivity contribution in [3.05, 3.63) is 71.7 Å². The summed E-state index contributed by atoms with van der Waals surface area (Å²) in [5.41, 5.74) is 0.928. The summed E-state index contributed by atoms with van der Waals surface area (Å²) < 4.78 is 68.4. The van der Waals surface area contributed by atoms with Crippen LogP contribution in [0.25, 0.3) is 0 Å². The predicted molar refractivity (Wildman–Crippen MR) is 149 cm³/mol. The quantitative estimate of drug-likeness (QED) is 0.352. The maximum Gasteiger partial charge on any atom is 0.416 e. The number of carbonyl (C=O) groups is 1. The third-order valence-electron chi connectivity index (χ3n) is 7.99. The van der Waals surface area contributed by atoms with E-state index in [-0.39, 0.29) is 41.7 Å². The Labute approximate surface area is 231 Å². The van der Waals surface area contributed by atoms with Crippen molar-refractivity contribution in [2.75, 3.05) is 48.7 Å². The molecule has 2 aliphatic heterocycles. The zero-order valence-corrected chi connectivity index (χ0v) is 23.6. The number of hydrogen-bond donors (Lipinski definition) is 2. The number of morpholine rings is 1. The summed E-state index contributed by atoms with van der Waals surface area (Å²) >= 11 is 0. The average molecular weight is 577 g/mol. The molecule has 1 amide bonds. The topological polar surface area (TPSA) is 87.0 Å². The van der Waals surface area contributed by atoms with Gasteiger partial charge in [0.2, 0.25) is 0 Å². The Hall–Kier alpha value is -3.27. The maximum atomic E-state index is 15.3. The molecule has 0 saturated carbocycles. The molecule has 0 unspecified atom stereocenters. The molecule has 1 aromatic heterocycles. The number of halogens is 3. The number of carbonyl (C=O) groups excluding carboxylic acids is 1. The number of hydrogen-bond acceptors (Lipinski definition) is 5. The van der Waals surface area contributed by atoms with Crippen LogP contribution in [0.5, 0.6) is 0 Å². The monoisotopic (exact) mass is 576 g/mol. The summed E-state index contributed by atoms with van der Waals surface area (Å²) in [5.74, 6) is -0.465. The summed E-state index contributed by atoms with van der Waals surface area (Å²) in [6.45, 7) is 7.44. The Morgan fingerprint density at radius 1 is 1.10 bits per heavy atom. The van der Waals surface area contributed by atoms with E-state index in [4.69, 9.17) is 9.15 Å². The third-order valence-corrected chi connectivity index (χ3v) is 10.8. The van der Waals surface area contributed by atoms with Crippen molar-refractivity contribution in [1.82, 2.24) is 4.67 Å². The Bertz CT molecular complexity index is 1450. The van der Waals surface area contributed by atoms with Crippen molar-refractivity contribution in [2.45, 2.75) is 38.4 Å². The van der Waals surface area contributed by atoms with Gasteiger partial charge in [-0.3, -0.25) is 9.36 Å². The van der Waals surface area contributed by atoms with E-state index in [0.29, 0.717) is 18.5 Å². The highest BCUT2D eigenvalue weighted by Crippen LogP contribution is 2.54. The molecular formula is C28H32F3N4O4P. The van der Waals surface area contributed by atoms with E-state index in [1.807, 2.05) is 13.1 Å². The Kier molecular flexibility index (Phi) is 7.27. The van der Waals surface area contributed by atoms with Crippen LogP contribution in [0.1, 0.15) is 42.5 Å². The van der Waals surface area contributed by atoms with E-state index < -0.39 is 25.1 Å². The van der Waals surface area contributed by atoms with Gasteiger partial charge in [-0.1, -0.05) is 19.9 Å². The number of nitrogens with zero attached hydrogens (tertiary/aromatic N) is 2. The number of anilines is 3. The third kappa shape index (κ3) is 5.02. The lowest BCUT2D eigenvalue weighted by molar-refractivity contribution is -0.137. The lowest BCUT2D eigenvalue weighted by atomic mass is 9.81. The number of rotatable bonds is 6. The minimum absolute atomic E-state index is 0.0539. The van der Waals surface area contributed by atoms with Crippen molar-refractivity contribution in [1.29, 1.82) is 0 Å². The van der Waals surface area contributed by atoms with E-state index in [1.54, 1.807) is 16.8 Å². The van der Waals surface area contributed by atoms with E-state index in [0.717, 1.165) is 23.4 Å². The van der Waals surface area contributed by atoms with Gasteiger partial charge in [0.1, 0.15) is 0 Å². The van der Waals surface area contributed by atoms with Gasteiger partial charge in [-0.05, 0) is 55.0 Å². The van der Waals surface area contributed by atoms with Crippen molar-refractivity contribution >= 4 is 35.7 Å². The first kappa shape index (κ1) is 28.3. The first-order valence-electron chi connectivity index (χ1n) is 13.0. The molecule has 1 fully saturated rings. The highest BCUT2D eigenvalue weighted by atomic mass is 31.2. The Morgan fingerprint density at radius 2 is 1.82 bits per heavy atom. The molecule has 3 heterocycles. The van der Waals surface area contributed by atoms with Crippen LogP contribution in [-0.2, 0) is 20.9 Å². The summed E-state index contributed by atoms with van der Waals surface area (Å²) in [7, 11) is -1.91. The maximum absolute atomic E-state index is 15.3. The molecule has 2 aromatic carbocycles. The van der Waals surface area contributed by atoms with Crippen LogP contribution in [0, 0.1) is 0 Å². The zero-order chi connectivity index (χ0) is 28.9. The smallest absolute Gasteiger partial charge is 0.416 e. The molecule has 2 N–H and O–H groups in total. The minimum atomic E-state index is -4.57. The molecule has 3 aromatic rings. The zero-order valence-electron chi connectivity index (χ0n) is 22.7. The fourth-order valence-corrected chi connectivity index (χ4v) is 7.84. The minimum Gasteiger partial charge on any atom is -0.459 e. The lowest BCUT2D eigenvalue weighted by Gasteiger charge is -2.36. The van der Waals surface area contributed by atoms with Crippen molar-refractivity contribution in [3.63, 3.8) is 0 Å². The number of fused-ring (bicyclic) bond motifs is 1. The number of ether oxygens (including phenoxy) is 1. The van der Waals surface area contributed by atoms with Crippen LogP contribution in [0.4, 0.5) is 30.2 Å². The number of furan rings is 1. The molecule has 5 rings (SSSR count). The molecular weight excluding hydrogens is 544 g/mol. The second-order valence-electron chi connectivity index (χ2n) is 10.7. The number of likely N-dealkylation sites (N-methyl/N-ethyl adjacent to an activating group) is 1. The fourth-order valence-electron chi connectivity index (χ4n) is 5.30. The molecule has 0 spiro atoms. The van der Waals surface area contributed by atoms with Gasteiger partial charge >= 0.3 is 6.18 Å².